The highest BCUT2D eigenvalue weighted by molar-refractivity contribution is 7.91. The molecule has 4 aromatic rings. The summed E-state index contributed by atoms with van der Waals surface area (Å²) in [7, 11) is -3.99. The van der Waals surface area contributed by atoms with Gasteiger partial charge in [-0.15, -0.1) is 23.2 Å². The summed E-state index contributed by atoms with van der Waals surface area (Å²) in [6, 6.07) is 24.3. The van der Waals surface area contributed by atoms with Gasteiger partial charge in [0.2, 0.25) is 21.7 Å². The van der Waals surface area contributed by atoms with Crippen molar-refractivity contribution in [2.24, 2.45) is 0 Å². The molecule has 0 radical (unpaired) electrons. The lowest BCUT2D eigenvalue weighted by Crippen LogP contribution is -2.24. The van der Waals surface area contributed by atoms with E-state index < -0.39 is 55.9 Å². The first-order valence-corrected chi connectivity index (χ1v) is 20.9. The molecule has 0 aliphatic carbocycles. The fraction of sp³-hybridized carbons (Fsp3) is 0.227. The predicted molar refractivity (Wildman–Crippen MR) is 228 cm³/mol. The van der Waals surface area contributed by atoms with E-state index in [-0.39, 0.29) is 94.2 Å². The van der Waals surface area contributed by atoms with E-state index in [0.717, 1.165) is 0 Å². The minimum Gasteiger partial charge on any atom is -0.462 e. The minimum absolute atomic E-state index is 0.0284. The van der Waals surface area contributed by atoms with Crippen LogP contribution in [0.25, 0.3) is 0 Å². The first kappa shape index (κ1) is 47.4. The highest BCUT2D eigenvalue weighted by Crippen LogP contribution is 2.33. The van der Waals surface area contributed by atoms with Crippen LogP contribution in [0.4, 0.5) is 11.4 Å². The molecule has 2 unspecified atom stereocenters. The van der Waals surface area contributed by atoms with Gasteiger partial charge in [-0.05, 0) is 86.6 Å². The van der Waals surface area contributed by atoms with E-state index in [2.05, 4.69) is 23.8 Å². The standard InChI is InChI=1S/C44H42Cl2N2O12S/c1-27(2)43(53)57-23-21-37(49)33(45)25-41(51)47-35-9-5-7-11-39(35)59-29-13-17-31(18-14-29)61(55,56)32-19-15-30(16-20-32)60-40-12-8-6-10-36(40)48-42(52)26-34(46)38(50)22-24-58-44(54)28(3)4/h5-20,33-34H,1,3,21-26H2,2,4H3,(H,47,51)(H,48,52). The summed E-state index contributed by atoms with van der Waals surface area (Å²) in [6.07, 6.45) is -1.05. The Kier molecular flexibility index (Phi) is 17.4. The van der Waals surface area contributed by atoms with Gasteiger partial charge >= 0.3 is 11.9 Å². The number of rotatable bonds is 22. The maximum atomic E-state index is 13.5. The number of ether oxygens (including phenoxy) is 4. The van der Waals surface area contributed by atoms with Gasteiger partial charge in [0.15, 0.2) is 23.1 Å². The van der Waals surface area contributed by atoms with E-state index in [4.69, 9.17) is 42.1 Å². The lowest BCUT2D eigenvalue weighted by atomic mass is 10.1. The quantitative estimate of drug-likeness (QED) is 0.0437. The molecule has 0 saturated carbocycles. The summed E-state index contributed by atoms with van der Waals surface area (Å²) in [5, 5.41) is 3.00. The molecule has 0 saturated heterocycles. The molecule has 0 spiro atoms. The van der Waals surface area contributed by atoms with Gasteiger partial charge in [-0.3, -0.25) is 19.2 Å². The normalized spacial score (nSPS) is 11.9. The van der Waals surface area contributed by atoms with Gasteiger partial charge in [0.25, 0.3) is 0 Å². The van der Waals surface area contributed by atoms with Crippen LogP contribution in [0.1, 0.15) is 39.5 Å². The first-order chi connectivity index (χ1) is 28.9. The molecule has 0 bridgehead atoms. The maximum absolute atomic E-state index is 13.5. The number of esters is 2. The summed E-state index contributed by atoms with van der Waals surface area (Å²) in [5.74, 6) is -2.36. The maximum Gasteiger partial charge on any atom is 0.333 e. The Morgan fingerprint density at radius 1 is 0.574 bits per heavy atom. The van der Waals surface area contributed by atoms with Crippen molar-refractivity contribution in [2.45, 2.75) is 60.1 Å². The van der Waals surface area contributed by atoms with Gasteiger partial charge in [-0.25, -0.2) is 18.0 Å². The third-order valence-electron chi connectivity index (χ3n) is 8.33. The van der Waals surface area contributed by atoms with Crippen LogP contribution < -0.4 is 20.1 Å². The monoisotopic (exact) mass is 892 g/mol. The number of nitrogens with one attached hydrogen (secondary N) is 2. The van der Waals surface area contributed by atoms with Gasteiger partial charge in [0.05, 0.1) is 47.2 Å². The number of benzene rings is 4. The summed E-state index contributed by atoms with van der Waals surface area (Å²) >= 11 is 12.3. The molecule has 2 atom stereocenters. The van der Waals surface area contributed by atoms with Crippen LogP contribution in [0.5, 0.6) is 23.0 Å². The number of hydrogen-bond donors (Lipinski definition) is 2. The number of halogens is 2. The summed E-state index contributed by atoms with van der Waals surface area (Å²) in [4.78, 5) is 73.2. The fourth-order valence-corrected chi connectivity index (χ4v) is 6.84. The number of alkyl halides is 2. The molecule has 2 N–H and O–H groups in total. The van der Waals surface area contributed by atoms with E-state index in [1.807, 2.05) is 0 Å². The Balaban J connectivity index is 1.32. The van der Waals surface area contributed by atoms with Crippen molar-refractivity contribution >= 4 is 79.7 Å². The van der Waals surface area contributed by atoms with E-state index in [1.54, 1.807) is 48.5 Å². The van der Waals surface area contributed by atoms with E-state index in [9.17, 15) is 37.2 Å². The number of carbonyl (C=O) groups is 6. The lowest BCUT2D eigenvalue weighted by Gasteiger charge is -2.14. The summed E-state index contributed by atoms with van der Waals surface area (Å²) in [5.41, 5.74) is 0.925. The Hall–Kier alpha value is -6.29. The number of hydrogen-bond acceptors (Lipinski definition) is 12. The zero-order valence-electron chi connectivity index (χ0n) is 33.1. The molecule has 17 heteroatoms. The van der Waals surface area contributed by atoms with Crippen LogP contribution in [0.3, 0.4) is 0 Å². The molecule has 0 heterocycles. The molecular formula is C44H42Cl2N2O12S. The Morgan fingerprint density at radius 3 is 1.26 bits per heavy atom. The van der Waals surface area contributed by atoms with Crippen LogP contribution in [0.2, 0.25) is 0 Å². The fourth-order valence-electron chi connectivity index (χ4n) is 5.09. The molecule has 320 valence electrons. The van der Waals surface area contributed by atoms with Gasteiger partial charge in [-0.1, -0.05) is 37.4 Å². The largest absolute Gasteiger partial charge is 0.462 e. The van der Waals surface area contributed by atoms with Gasteiger partial charge in [0, 0.05) is 24.0 Å². The average Bonchev–Trinajstić information content (AvgIpc) is 3.22. The number of ketones is 2. The second-order valence-corrected chi connectivity index (χ2v) is 16.4. The van der Waals surface area contributed by atoms with Crippen molar-refractivity contribution in [3.8, 4) is 23.0 Å². The van der Waals surface area contributed by atoms with Crippen LogP contribution in [0, 0.1) is 0 Å². The van der Waals surface area contributed by atoms with Crippen molar-refractivity contribution in [3.05, 3.63) is 121 Å². The van der Waals surface area contributed by atoms with Crippen LogP contribution in [-0.2, 0) is 48.1 Å². The van der Waals surface area contributed by atoms with Crippen molar-refractivity contribution in [2.75, 3.05) is 23.8 Å². The highest BCUT2D eigenvalue weighted by Gasteiger charge is 2.23. The highest BCUT2D eigenvalue weighted by atomic mass is 35.5. The van der Waals surface area contributed by atoms with Gasteiger partial charge in [0.1, 0.15) is 22.3 Å². The smallest absolute Gasteiger partial charge is 0.333 e. The zero-order chi connectivity index (χ0) is 44.7. The SMILES string of the molecule is C=C(C)C(=O)OCCC(=O)C(Cl)CC(=O)Nc1ccccc1Oc1ccc(S(=O)(=O)c2ccc(Oc3ccccc3NC(=O)CC(Cl)C(=O)CCOC(=O)C(=C)C)cc2)cc1. The van der Waals surface area contributed by atoms with E-state index in [1.165, 1.54) is 62.4 Å². The molecule has 4 rings (SSSR count). The van der Waals surface area contributed by atoms with E-state index >= 15 is 0 Å². The van der Waals surface area contributed by atoms with Gasteiger partial charge < -0.3 is 29.6 Å². The number of sulfone groups is 1. The molecule has 0 fully saturated rings. The minimum atomic E-state index is -3.99. The molecular weight excluding hydrogens is 851 g/mol. The Bertz CT molecular complexity index is 2240. The average molecular weight is 894 g/mol. The summed E-state index contributed by atoms with van der Waals surface area (Å²) < 4.78 is 48.8. The zero-order valence-corrected chi connectivity index (χ0v) is 35.4. The third kappa shape index (κ3) is 14.4. The number of anilines is 2. The molecule has 0 aromatic heterocycles. The second-order valence-electron chi connectivity index (χ2n) is 13.3. The second kappa shape index (κ2) is 22.4. The number of Topliss-reactive ketones (excluding diaryl/α,β-unsaturated/α-hetero) is 2. The van der Waals surface area contributed by atoms with Crippen molar-refractivity contribution < 1.29 is 56.1 Å². The number of para-hydroxylation sites is 4. The molecule has 4 aromatic carbocycles. The van der Waals surface area contributed by atoms with Crippen molar-refractivity contribution in [1.82, 2.24) is 0 Å². The first-order valence-electron chi connectivity index (χ1n) is 18.5. The Labute approximate surface area is 362 Å². The van der Waals surface area contributed by atoms with Gasteiger partial charge in [-0.2, -0.15) is 0 Å². The third-order valence-corrected chi connectivity index (χ3v) is 10.9. The molecule has 2 amide bonds. The number of carbonyl (C=O) groups excluding carboxylic acids is 6. The molecule has 0 aliphatic heterocycles. The molecule has 14 nitrogen and oxygen atoms in total. The molecule has 0 aliphatic rings. The van der Waals surface area contributed by atoms with E-state index in [0.29, 0.717) is 0 Å². The van der Waals surface area contributed by atoms with Crippen LogP contribution >= 0.6 is 23.2 Å². The van der Waals surface area contributed by atoms with Crippen molar-refractivity contribution in [3.63, 3.8) is 0 Å². The van der Waals surface area contributed by atoms with Crippen LogP contribution in [-0.4, -0.2) is 67.7 Å². The Morgan fingerprint density at radius 2 is 0.918 bits per heavy atom. The number of amides is 2. The predicted octanol–water partition coefficient (Wildman–Crippen LogP) is 8.13. The lowest BCUT2D eigenvalue weighted by molar-refractivity contribution is -0.141. The summed E-state index contributed by atoms with van der Waals surface area (Å²) in [6.45, 7) is 9.48. The molecule has 61 heavy (non-hydrogen) atoms. The van der Waals surface area contributed by atoms with Crippen LogP contribution in [0.15, 0.2) is 131 Å². The van der Waals surface area contributed by atoms with Crippen molar-refractivity contribution in [1.29, 1.82) is 0 Å². The topological polar surface area (TPSA) is 198 Å².